The zero-order chi connectivity index (χ0) is 11.5. The molecule has 0 aromatic carbocycles. The van der Waals surface area contributed by atoms with E-state index in [0.29, 0.717) is 12.2 Å². The summed E-state index contributed by atoms with van der Waals surface area (Å²) in [5.41, 5.74) is 5.78. The molecule has 15 heavy (non-hydrogen) atoms. The van der Waals surface area contributed by atoms with Gasteiger partial charge in [-0.1, -0.05) is 19.1 Å². The largest absolute Gasteiger partial charge is 0.329 e. The fourth-order valence-corrected chi connectivity index (χ4v) is 1.72. The molecule has 1 heterocycles. The van der Waals surface area contributed by atoms with E-state index in [4.69, 9.17) is 5.73 Å². The summed E-state index contributed by atoms with van der Waals surface area (Å²) in [6, 6.07) is 0. The Kier molecular flexibility index (Phi) is 3.57. The zero-order valence-electron chi connectivity index (χ0n) is 9.53. The lowest BCUT2D eigenvalue weighted by molar-refractivity contribution is 0.0776. The van der Waals surface area contributed by atoms with Crippen LogP contribution in [0.3, 0.4) is 0 Å². The third-order valence-corrected chi connectivity index (χ3v) is 3.17. The van der Waals surface area contributed by atoms with E-state index in [-0.39, 0.29) is 5.78 Å². The van der Waals surface area contributed by atoms with E-state index in [1.54, 1.807) is 7.05 Å². The molecular weight excluding hydrogens is 192 g/mol. The number of carbonyl (C=O) groups is 1. The number of hydrogen-bond donors (Lipinski definition) is 1. The highest BCUT2D eigenvalue weighted by Gasteiger charge is 2.35. The average Bonchev–Trinajstić information content (AvgIpc) is 2.67. The fraction of sp³-hybridized carbons (Fsp3) is 0.700. The van der Waals surface area contributed by atoms with Crippen LogP contribution < -0.4 is 5.73 Å². The zero-order valence-corrected chi connectivity index (χ0v) is 9.53. The van der Waals surface area contributed by atoms with Gasteiger partial charge in [-0.3, -0.25) is 4.79 Å². The Morgan fingerprint density at radius 3 is 2.47 bits per heavy atom. The van der Waals surface area contributed by atoms with Crippen LogP contribution in [0.25, 0.3) is 0 Å². The third-order valence-electron chi connectivity index (χ3n) is 3.17. The normalized spacial score (nSPS) is 11.7. The minimum Gasteiger partial charge on any atom is -0.329 e. The third kappa shape index (κ3) is 1.92. The van der Waals surface area contributed by atoms with Crippen molar-refractivity contribution in [2.45, 2.75) is 26.7 Å². The molecule has 0 bridgehead atoms. The number of carbonyl (C=O) groups excluding carboxylic acids is 1. The first-order chi connectivity index (χ1) is 7.11. The van der Waals surface area contributed by atoms with Crippen LogP contribution in [0.5, 0.6) is 0 Å². The first-order valence-electron chi connectivity index (χ1n) is 5.20. The van der Waals surface area contributed by atoms with E-state index in [9.17, 15) is 4.79 Å². The van der Waals surface area contributed by atoms with Gasteiger partial charge in [-0.15, -0.1) is 5.10 Å². The molecule has 5 heteroatoms. The quantitative estimate of drug-likeness (QED) is 0.728. The van der Waals surface area contributed by atoms with Crippen molar-refractivity contribution >= 4 is 5.78 Å². The summed E-state index contributed by atoms with van der Waals surface area (Å²) >= 11 is 0. The molecule has 0 aliphatic carbocycles. The molecule has 1 aromatic rings. The molecule has 0 aliphatic rings. The molecule has 0 spiro atoms. The van der Waals surface area contributed by atoms with Crippen molar-refractivity contribution in [1.29, 1.82) is 0 Å². The molecule has 1 aromatic heterocycles. The van der Waals surface area contributed by atoms with Gasteiger partial charge >= 0.3 is 0 Å². The van der Waals surface area contributed by atoms with Crippen LogP contribution >= 0.6 is 0 Å². The molecule has 2 N–H and O–H groups in total. The van der Waals surface area contributed by atoms with Gasteiger partial charge in [0.1, 0.15) is 5.69 Å². The number of hydrogen-bond acceptors (Lipinski definition) is 4. The van der Waals surface area contributed by atoms with E-state index in [0.717, 1.165) is 12.8 Å². The molecule has 0 saturated heterocycles. The van der Waals surface area contributed by atoms with Gasteiger partial charge in [-0.05, 0) is 12.8 Å². The van der Waals surface area contributed by atoms with Crippen molar-refractivity contribution in [3.05, 3.63) is 11.9 Å². The number of Topliss-reactive ketones (excluding diaryl/α,β-unsaturated/α-hetero) is 1. The first kappa shape index (κ1) is 11.8. The summed E-state index contributed by atoms with van der Waals surface area (Å²) in [4.78, 5) is 12.3. The molecule has 84 valence electrons. The van der Waals surface area contributed by atoms with Crippen LogP contribution in [0.4, 0.5) is 0 Å². The van der Waals surface area contributed by atoms with Gasteiger partial charge < -0.3 is 5.73 Å². The molecule has 0 saturated carbocycles. The average molecular weight is 210 g/mol. The van der Waals surface area contributed by atoms with Crippen molar-refractivity contribution in [3.8, 4) is 0 Å². The Balaban J connectivity index is 3.06. The maximum atomic E-state index is 12.3. The number of rotatable bonds is 5. The molecule has 1 rings (SSSR count). The van der Waals surface area contributed by atoms with E-state index >= 15 is 0 Å². The van der Waals surface area contributed by atoms with Crippen molar-refractivity contribution in [2.24, 2.45) is 18.2 Å². The van der Waals surface area contributed by atoms with Crippen molar-refractivity contribution in [2.75, 3.05) is 6.54 Å². The van der Waals surface area contributed by atoms with E-state index in [1.807, 2.05) is 13.8 Å². The summed E-state index contributed by atoms with van der Waals surface area (Å²) in [6.45, 7) is 4.33. The molecule has 0 unspecified atom stereocenters. The van der Waals surface area contributed by atoms with Crippen molar-refractivity contribution in [3.63, 3.8) is 0 Å². The van der Waals surface area contributed by atoms with E-state index in [1.165, 1.54) is 10.9 Å². The Morgan fingerprint density at radius 1 is 1.53 bits per heavy atom. The fourth-order valence-electron chi connectivity index (χ4n) is 1.72. The lowest BCUT2D eigenvalue weighted by Crippen LogP contribution is -2.38. The second kappa shape index (κ2) is 4.53. The number of aryl methyl sites for hydroxylation is 1. The Bertz CT molecular complexity index is 333. The number of ketones is 1. The lowest BCUT2D eigenvalue weighted by Gasteiger charge is -2.27. The lowest BCUT2D eigenvalue weighted by atomic mass is 9.77. The maximum Gasteiger partial charge on any atom is 0.189 e. The SMILES string of the molecule is CCC(CC)(CN)C(=O)c1cnnn1C. The Labute approximate surface area is 89.6 Å². The van der Waals surface area contributed by atoms with Crippen LogP contribution in [0, 0.1) is 5.41 Å². The number of nitrogens with two attached hydrogens (primary N) is 1. The molecular formula is C10H18N4O. The number of nitrogens with zero attached hydrogens (tertiary/aromatic N) is 3. The monoisotopic (exact) mass is 210 g/mol. The highest BCUT2D eigenvalue weighted by atomic mass is 16.1. The second-order valence-corrected chi connectivity index (χ2v) is 3.76. The van der Waals surface area contributed by atoms with Gasteiger partial charge in [-0.2, -0.15) is 0 Å². The topological polar surface area (TPSA) is 73.8 Å². The summed E-state index contributed by atoms with van der Waals surface area (Å²) in [5, 5.41) is 7.47. The summed E-state index contributed by atoms with van der Waals surface area (Å²) in [5.74, 6) is 0.0440. The predicted molar refractivity (Wildman–Crippen MR) is 57.4 cm³/mol. The first-order valence-corrected chi connectivity index (χ1v) is 5.20. The molecule has 5 nitrogen and oxygen atoms in total. The Morgan fingerprint density at radius 2 is 2.13 bits per heavy atom. The van der Waals surface area contributed by atoms with Crippen LogP contribution in [0.15, 0.2) is 6.20 Å². The summed E-state index contributed by atoms with van der Waals surface area (Å²) in [6.07, 6.45) is 2.98. The van der Waals surface area contributed by atoms with Crippen molar-refractivity contribution < 1.29 is 4.79 Å². The van der Waals surface area contributed by atoms with Gasteiger partial charge in [0.2, 0.25) is 0 Å². The molecule has 0 aliphatic heterocycles. The van der Waals surface area contributed by atoms with Gasteiger partial charge in [0, 0.05) is 19.0 Å². The van der Waals surface area contributed by atoms with Crippen molar-refractivity contribution in [1.82, 2.24) is 15.0 Å². The highest BCUT2D eigenvalue weighted by Crippen LogP contribution is 2.29. The van der Waals surface area contributed by atoms with Gasteiger partial charge in [0.25, 0.3) is 0 Å². The van der Waals surface area contributed by atoms with Gasteiger partial charge in [0.15, 0.2) is 5.78 Å². The highest BCUT2D eigenvalue weighted by molar-refractivity contribution is 5.99. The van der Waals surface area contributed by atoms with E-state index < -0.39 is 5.41 Å². The minimum atomic E-state index is -0.463. The second-order valence-electron chi connectivity index (χ2n) is 3.76. The smallest absolute Gasteiger partial charge is 0.189 e. The Hall–Kier alpha value is -1.23. The molecule has 0 radical (unpaired) electrons. The maximum absolute atomic E-state index is 12.3. The van der Waals surface area contributed by atoms with E-state index in [2.05, 4.69) is 10.3 Å². The predicted octanol–water partition coefficient (Wildman–Crippen LogP) is 0.763. The van der Waals surface area contributed by atoms with Gasteiger partial charge in [0.05, 0.1) is 6.20 Å². The summed E-state index contributed by atoms with van der Waals surface area (Å²) < 4.78 is 1.50. The van der Waals surface area contributed by atoms with Crippen LogP contribution in [0.2, 0.25) is 0 Å². The van der Waals surface area contributed by atoms with Crippen LogP contribution in [0.1, 0.15) is 37.2 Å². The number of aromatic nitrogens is 3. The summed E-state index contributed by atoms with van der Waals surface area (Å²) in [7, 11) is 1.72. The molecule has 0 atom stereocenters. The van der Waals surface area contributed by atoms with Crippen LogP contribution in [-0.4, -0.2) is 27.3 Å². The van der Waals surface area contributed by atoms with Crippen LogP contribution in [-0.2, 0) is 7.05 Å². The molecule has 0 amide bonds. The minimum absolute atomic E-state index is 0.0440. The van der Waals surface area contributed by atoms with Gasteiger partial charge in [-0.25, -0.2) is 4.68 Å². The standard InChI is InChI=1S/C10H18N4O/c1-4-10(5-2,7-11)9(15)8-6-12-13-14(8)3/h6H,4-5,7,11H2,1-3H3. The molecule has 0 fully saturated rings.